The number of rotatable bonds is 12. The molecule has 1 aliphatic carbocycles. The first kappa shape index (κ1) is 40.7. The van der Waals surface area contributed by atoms with Crippen molar-refractivity contribution in [2.75, 3.05) is 62.7 Å². The van der Waals surface area contributed by atoms with Crippen molar-refractivity contribution in [3.05, 3.63) is 112 Å². The van der Waals surface area contributed by atoms with Crippen molar-refractivity contribution in [2.24, 2.45) is 5.92 Å². The summed E-state index contributed by atoms with van der Waals surface area (Å²) in [5.41, 5.74) is 5.74. The van der Waals surface area contributed by atoms with E-state index in [0.717, 1.165) is 71.8 Å². The number of carbonyl (C=O) groups excluding carboxylic acids is 1. The zero-order valence-electron chi connectivity index (χ0n) is 32.8. The van der Waals surface area contributed by atoms with Gasteiger partial charge >= 0.3 is 0 Å². The van der Waals surface area contributed by atoms with Gasteiger partial charge in [-0.05, 0) is 109 Å². The summed E-state index contributed by atoms with van der Waals surface area (Å²) in [4.78, 5) is 18.2. The summed E-state index contributed by atoms with van der Waals surface area (Å²) < 4.78 is 70.9. The van der Waals surface area contributed by atoms with Crippen molar-refractivity contribution in [3.8, 4) is 11.5 Å². The number of nitrogens with zero attached hydrogens (tertiary/aromatic N) is 3. The normalized spacial score (nSPS) is 17.9. The predicted octanol–water partition coefficient (Wildman–Crippen LogP) is 8.67. The lowest BCUT2D eigenvalue weighted by molar-refractivity contribution is -0.0109. The number of halogens is 3. The lowest BCUT2D eigenvalue weighted by atomic mass is 9.85. The number of alkyl halides is 2. The van der Waals surface area contributed by atoms with Crippen LogP contribution in [-0.4, -0.2) is 87.8 Å². The molecule has 2 aliphatic heterocycles. The molecule has 0 unspecified atom stereocenters. The third-order valence-corrected chi connectivity index (χ3v) is 13.1. The maximum absolute atomic E-state index is 14.7. The van der Waals surface area contributed by atoms with Crippen LogP contribution in [0.4, 0.5) is 20.2 Å². The predicted molar refractivity (Wildman–Crippen MR) is 226 cm³/mol. The number of ether oxygens (including phenoxy) is 2. The van der Waals surface area contributed by atoms with E-state index in [-0.39, 0.29) is 29.1 Å². The van der Waals surface area contributed by atoms with Gasteiger partial charge in [-0.1, -0.05) is 29.8 Å². The molecule has 59 heavy (non-hydrogen) atoms. The summed E-state index contributed by atoms with van der Waals surface area (Å²) in [5.74, 6) is -2.51. The van der Waals surface area contributed by atoms with Gasteiger partial charge in [0.15, 0.2) is 0 Å². The minimum absolute atomic E-state index is 0.0304. The first-order chi connectivity index (χ1) is 28.4. The van der Waals surface area contributed by atoms with Crippen LogP contribution in [0.3, 0.4) is 0 Å². The Bertz CT molecular complexity index is 2460. The number of amides is 1. The zero-order valence-corrected chi connectivity index (χ0v) is 34.4. The Morgan fingerprint density at radius 1 is 1.00 bits per heavy atom. The maximum Gasteiger partial charge on any atom is 0.268 e. The second-order valence-corrected chi connectivity index (χ2v) is 17.7. The van der Waals surface area contributed by atoms with Gasteiger partial charge in [0.1, 0.15) is 11.5 Å². The molecule has 0 radical (unpaired) electrons. The molecule has 2 saturated heterocycles. The molecular formula is C44H47ClF2N6O5S. The lowest BCUT2D eigenvalue weighted by Crippen LogP contribution is -2.47. The molecule has 3 N–H and O–H groups in total. The van der Waals surface area contributed by atoms with Crippen LogP contribution in [0.25, 0.3) is 16.5 Å². The summed E-state index contributed by atoms with van der Waals surface area (Å²) >= 11 is 6.12. The van der Waals surface area contributed by atoms with Crippen molar-refractivity contribution in [3.63, 3.8) is 0 Å². The minimum Gasteiger partial charge on any atom is -0.456 e. The smallest absolute Gasteiger partial charge is 0.268 e. The number of carbonyl (C=O) groups is 1. The number of hydrogen-bond donors (Lipinski definition) is 3. The van der Waals surface area contributed by atoms with Gasteiger partial charge in [0, 0.05) is 87.8 Å². The highest BCUT2D eigenvalue weighted by Crippen LogP contribution is 2.42. The molecule has 0 spiro atoms. The molecule has 0 bridgehead atoms. The Hall–Kier alpha value is -5.02. The molecule has 3 aliphatic rings. The van der Waals surface area contributed by atoms with Crippen LogP contribution in [0.15, 0.2) is 95.5 Å². The molecule has 8 rings (SSSR count). The lowest BCUT2D eigenvalue weighted by Gasteiger charge is -2.38. The number of allylic oxidation sites excluding steroid dienone is 1. The summed E-state index contributed by atoms with van der Waals surface area (Å²) in [6.45, 7) is 6.95. The van der Waals surface area contributed by atoms with Gasteiger partial charge in [0.25, 0.3) is 21.9 Å². The van der Waals surface area contributed by atoms with Crippen LogP contribution in [0.2, 0.25) is 5.02 Å². The molecule has 15 heteroatoms. The van der Waals surface area contributed by atoms with E-state index in [1.54, 1.807) is 60.8 Å². The fourth-order valence-corrected chi connectivity index (χ4v) is 9.32. The number of H-pyrrole nitrogens is 1. The van der Waals surface area contributed by atoms with E-state index < -0.39 is 21.9 Å². The number of hydrogen-bond acceptors (Lipinski definition) is 9. The molecule has 5 aromatic rings. The number of piperazine rings is 1. The van der Waals surface area contributed by atoms with Crippen LogP contribution < -0.4 is 19.7 Å². The van der Waals surface area contributed by atoms with E-state index in [4.69, 9.17) is 21.1 Å². The quantitative estimate of drug-likeness (QED) is 0.113. The molecule has 3 heterocycles. The molecule has 1 aromatic heterocycles. The third-order valence-electron chi connectivity index (χ3n) is 11.5. The monoisotopic (exact) mass is 844 g/mol. The second kappa shape index (κ2) is 17.3. The summed E-state index contributed by atoms with van der Waals surface area (Å²) in [6, 6.07) is 22.6. The average molecular weight is 845 g/mol. The zero-order chi connectivity index (χ0) is 41.1. The first-order valence-corrected chi connectivity index (χ1v) is 21.8. The summed E-state index contributed by atoms with van der Waals surface area (Å²) in [5, 5.41) is 11.8. The van der Waals surface area contributed by atoms with Crippen molar-refractivity contribution in [1.29, 1.82) is 0 Å². The fourth-order valence-electron chi connectivity index (χ4n) is 8.15. The molecule has 4 aromatic carbocycles. The van der Waals surface area contributed by atoms with Crippen molar-refractivity contribution in [2.45, 2.75) is 49.8 Å². The average Bonchev–Trinajstić information content (AvgIpc) is 3.71. The Morgan fingerprint density at radius 3 is 2.54 bits per heavy atom. The number of aromatic nitrogens is 2. The first-order valence-electron chi connectivity index (χ1n) is 20.0. The molecular weight excluding hydrogens is 798 g/mol. The summed E-state index contributed by atoms with van der Waals surface area (Å²) in [6.07, 6.45) is 3.43. The number of aromatic amines is 1. The van der Waals surface area contributed by atoms with Crippen LogP contribution >= 0.6 is 11.6 Å². The second-order valence-electron chi connectivity index (χ2n) is 15.6. The number of benzene rings is 4. The highest BCUT2D eigenvalue weighted by atomic mass is 35.5. The molecule has 11 nitrogen and oxygen atoms in total. The highest BCUT2D eigenvalue weighted by Gasteiger charge is 2.36. The van der Waals surface area contributed by atoms with E-state index in [1.165, 1.54) is 6.07 Å². The fraction of sp³-hybridized carbons (Fsp3) is 0.364. The van der Waals surface area contributed by atoms with Gasteiger partial charge < -0.3 is 19.7 Å². The molecule has 310 valence electrons. The van der Waals surface area contributed by atoms with Gasteiger partial charge in [-0.2, -0.15) is 5.10 Å². The molecule has 1 amide bonds. The number of nitrogens with one attached hydrogen (secondary N) is 3. The van der Waals surface area contributed by atoms with Crippen LogP contribution in [0.5, 0.6) is 11.5 Å². The van der Waals surface area contributed by atoms with Crippen LogP contribution in [0.1, 0.15) is 53.6 Å². The van der Waals surface area contributed by atoms with Gasteiger partial charge in [-0.15, -0.1) is 0 Å². The Labute approximate surface area is 347 Å². The largest absolute Gasteiger partial charge is 0.456 e. The number of fused-ring (bicyclic) bond motifs is 1. The maximum atomic E-state index is 14.7. The van der Waals surface area contributed by atoms with Crippen LogP contribution in [-0.2, 0) is 14.8 Å². The van der Waals surface area contributed by atoms with E-state index >= 15 is 0 Å². The number of aryl methyl sites for hydroxylation is 1. The van der Waals surface area contributed by atoms with Gasteiger partial charge in [0.05, 0.1) is 27.6 Å². The van der Waals surface area contributed by atoms with E-state index in [9.17, 15) is 22.0 Å². The van der Waals surface area contributed by atoms with E-state index in [1.807, 2.05) is 25.1 Å². The Morgan fingerprint density at radius 2 is 1.78 bits per heavy atom. The Kier molecular flexibility index (Phi) is 11.9. The van der Waals surface area contributed by atoms with E-state index in [2.05, 4.69) is 30.0 Å². The molecule has 0 atom stereocenters. The topological polar surface area (TPSA) is 129 Å². The van der Waals surface area contributed by atoms with Crippen molar-refractivity contribution < 1.29 is 31.5 Å². The standard InChI is InChI=1S/C44H47ClF2N6O5S/c1-29-23-35(10-12-39(29)48-26-30-14-21-57-22-15-30)59(55,56)51-43(54)37-11-9-34(24-42(37)58-41-4-2-3-40-38(41)27-49-50-40)53-19-17-52(18-20-53)28-32-25-44(46,47)16-13-36(32)31-5-7-33(45)8-6-31/h2-12,23-24,27,30,48H,13-22,25-26,28H2,1H3,(H,49,50)(H,51,54). The number of sulfonamides is 1. The van der Waals surface area contributed by atoms with Gasteiger partial charge in [0.2, 0.25) is 0 Å². The third kappa shape index (κ3) is 9.57. The number of anilines is 2. The Balaban J connectivity index is 0.996. The van der Waals surface area contributed by atoms with Gasteiger partial charge in [-0.25, -0.2) is 21.9 Å². The highest BCUT2D eigenvalue weighted by molar-refractivity contribution is 7.90. The van der Waals surface area contributed by atoms with Gasteiger partial charge in [-0.3, -0.25) is 14.8 Å². The molecule has 2 fully saturated rings. The van der Waals surface area contributed by atoms with E-state index in [0.29, 0.717) is 61.2 Å². The van der Waals surface area contributed by atoms with Crippen molar-refractivity contribution in [1.82, 2.24) is 19.8 Å². The SMILES string of the molecule is Cc1cc(S(=O)(=O)NC(=O)c2ccc(N3CCN(CC4=C(c5ccc(Cl)cc5)CCC(F)(F)C4)CC3)cc2Oc2cccc3[nH]ncc23)ccc1NCC1CCOCC1. The molecule has 0 saturated carbocycles. The van der Waals surface area contributed by atoms with Crippen LogP contribution in [0, 0.1) is 12.8 Å². The van der Waals surface area contributed by atoms with Crippen molar-refractivity contribution >= 4 is 55.4 Å². The minimum atomic E-state index is -4.26. The summed E-state index contributed by atoms with van der Waals surface area (Å²) in [7, 11) is -4.26.